The Labute approximate surface area is 120 Å². The number of aromatic nitrogens is 3. The minimum Gasteiger partial charge on any atom is -0.459 e. The monoisotopic (exact) mass is 301 g/mol. The number of rotatable bonds is 2. The molecule has 0 radical (unpaired) electrons. The summed E-state index contributed by atoms with van der Waals surface area (Å²) in [5.41, 5.74) is -0.0134. The van der Waals surface area contributed by atoms with Crippen LogP contribution in [0, 0.1) is 0 Å². The summed E-state index contributed by atoms with van der Waals surface area (Å²) in [6.45, 7) is 5.49. The van der Waals surface area contributed by atoms with Crippen molar-refractivity contribution in [2.24, 2.45) is 0 Å². The topological polar surface area (TPSA) is 57.0 Å². The highest BCUT2D eigenvalue weighted by Gasteiger charge is 2.18. The summed E-state index contributed by atoms with van der Waals surface area (Å²) in [6, 6.07) is 1.73. The molecule has 0 aliphatic heterocycles. The van der Waals surface area contributed by atoms with Gasteiger partial charge in [0.2, 0.25) is 5.28 Å². The molecule has 5 nitrogen and oxygen atoms in total. The number of nitrogens with zero attached hydrogens (tertiary/aromatic N) is 3. The molecule has 0 bridgehead atoms. The molecule has 0 N–H and O–H groups in total. The Morgan fingerprint density at radius 2 is 2.05 bits per heavy atom. The van der Waals surface area contributed by atoms with Crippen molar-refractivity contribution in [1.82, 2.24) is 14.5 Å². The van der Waals surface area contributed by atoms with Gasteiger partial charge in [-0.1, -0.05) is 11.6 Å². The maximum absolute atomic E-state index is 11.8. The van der Waals surface area contributed by atoms with Crippen LogP contribution in [0.1, 0.15) is 20.8 Å². The van der Waals surface area contributed by atoms with Gasteiger partial charge in [0.1, 0.15) is 22.9 Å². The molecule has 0 spiro atoms. The van der Waals surface area contributed by atoms with E-state index >= 15 is 0 Å². The molecule has 0 saturated heterocycles. The molecule has 0 saturated carbocycles. The summed E-state index contributed by atoms with van der Waals surface area (Å²) in [5, 5.41) is 0.953. The smallest absolute Gasteiger partial charge is 0.326 e. The first-order valence-electron chi connectivity index (χ1n) is 5.66. The lowest BCUT2D eigenvalue weighted by atomic mass is 10.2. The first-order chi connectivity index (χ1) is 8.76. The molecule has 0 fully saturated rings. The van der Waals surface area contributed by atoms with Crippen molar-refractivity contribution in [2.45, 2.75) is 32.9 Å². The lowest BCUT2D eigenvalue weighted by Gasteiger charge is -2.19. The highest BCUT2D eigenvalue weighted by Crippen LogP contribution is 2.23. The largest absolute Gasteiger partial charge is 0.459 e. The normalized spacial score (nSPS) is 11.8. The minimum absolute atomic E-state index is 0.0432. The second kappa shape index (κ2) is 4.98. The summed E-state index contributed by atoms with van der Waals surface area (Å²) in [7, 11) is 0. The summed E-state index contributed by atoms with van der Waals surface area (Å²) >= 11 is 11.7. The fourth-order valence-electron chi connectivity index (χ4n) is 1.64. The van der Waals surface area contributed by atoms with Gasteiger partial charge >= 0.3 is 5.97 Å². The van der Waals surface area contributed by atoms with E-state index in [1.165, 1.54) is 0 Å². The number of hydrogen-bond acceptors (Lipinski definition) is 4. The Morgan fingerprint density at radius 3 is 2.68 bits per heavy atom. The number of halogens is 2. The van der Waals surface area contributed by atoms with Gasteiger partial charge in [0.05, 0.1) is 5.39 Å². The maximum Gasteiger partial charge on any atom is 0.326 e. The number of hydrogen-bond donors (Lipinski definition) is 0. The highest BCUT2D eigenvalue weighted by atomic mass is 35.5. The van der Waals surface area contributed by atoms with Crippen LogP contribution in [0.2, 0.25) is 10.4 Å². The molecule has 102 valence electrons. The minimum atomic E-state index is -0.523. The number of esters is 1. The van der Waals surface area contributed by atoms with Crippen LogP contribution in [-0.4, -0.2) is 26.1 Å². The molecule has 2 aromatic rings. The van der Waals surface area contributed by atoms with Gasteiger partial charge in [-0.3, -0.25) is 4.79 Å². The van der Waals surface area contributed by atoms with Crippen molar-refractivity contribution in [3.63, 3.8) is 0 Å². The number of carbonyl (C=O) groups is 1. The Bertz CT molecular complexity index is 632. The van der Waals surface area contributed by atoms with Crippen LogP contribution in [0.5, 0.6) is 0 Å². The molecular formula is C12H13Cl2N3O2. The zero-order chi connectivity index (χ0) is 14.2. The zero-order valence-corrected chi connectivity index (χ0v) is 12.3. The molecule has 0 aromatic carbocycles. The van der Waals surface area contributed by atoms with E-state index in [1.54, 1.807) is 16.8 Å². The van der Waals surface area contributed by atoms with Gasteiger partial charge in [0, 0.05) is 6.20 Å². The van der Waals surface area contributed by atoms with Crippen LogP contribution in [-0.2, 0) is 16.1 Å². The second-order valence-electron chi connectivity index (χ2n) is 5.05. The molecule has 2 rings (SSSR count). The van der Waals surface area contributed by atoms with Crippen LogP contribution in [0.3, 0.4) is 0 Å². The van der Waals surface area contributed by atoms with E-state index in [9.17, 15) is 4.79 Å². The first-order valence-corrected chi connectivity index (χ1v) is 6.41. The molecule has 7 heteroatoms. The van der Waals surface area contributed by atoms with E-state index in [4.69, 9.17) is 27.9 Å². The molecule has 0 amide bonds. The average molecular weight is 302 g/mol. The van der Waals surface area contributed by atoms with Crippen molar-refractivity contribution in [2.75, 3.05) is 0 Å². The van der Waals surface area contributed by atoms with Crippen LogP contribution < -0.4 is 0 Å². The molecule has 0 aliphatic carbocycles. The van der Waals surface area contributed by atoms with E-state index in [0.717, 1.165) is 0 Å². The molecular weight excluding hydrogens is 289 g/mol. The van der Waals surface area contributed by atoms with Gasteiger partial charge in [-0.25, -0.2) is 4.98 Å². The Balaban J connectivity index is 2.29. The average Bonchev–Trinajstić information content (AvgIpc) is 2.58. The Morgan fingerprint density at radius 1 is 1.37 bits per heavy atom. The standard InChI is InChI=1S/C12H13Cl2N3O2/c1-12(2,3)19-8(18)6-17-5-4-7-9(13)15-11(14)16-10(7)17/h4-5H,6H2,1-3H3. The van der Waals surface area contributed by atoms with Crippen LogP contribution in [0.25, 0.3) is 11.0 Å². The van der Waals surface area contributed by atoms with Gasteiger partial charge in [0.25, 0.3) is 0 Å². The Hall–Kier alpha value is -1.33. The van der Waals surface area contributed by atoms with E-state index in [1.807, 2.05) is 20.8 Å². The van der Waals surface area contributed by atoms with Gasteiger partial charge in [-0.05, 0) is 38.4 Å². The summed E-state index contributed by atoms with van der Waals surface area (Å²) in [6.07, 6.45) is 1.70. The maximum atomic E-state index is 11.8. The van der Waals surface area contributed by atoms with E-state index < -0.39 is 5.60 Å². The second-order valence-corrected chi connectivity index (χ2v) is 5.75. The third-order valence-corrected chi connectivity index (χ3v) is 2.72. The number of ether oxygens (including phenoxy) is 1. The quantitative estimate of drug-likeness (QED) is 0.486. The number of carbonyl (C=O) groups excluding carboxylic acids is 1. The lowest BCUT2D eigenvalue weighted by Crippen LogP contribution is -2.26. The summed E-state index contributed by atoms with van der Waals surface area (Å²) in [5.74, 6) is -0.351. The van der Waals surface area contributed by atoms with E-state index in [0.29, 0.717) is 11.0 Å². The molecule has 0 atom stereocenters. The molecule has 19 heavy (non-hydrogen) atoms. The fourth-order valence-corrected chi connectivity index (χ4v) is 2.08. The third kappa shape index (κ3) is 3.36. The predicted octanol–water partition coefficient (Wildman–Crippen LogP) is 3.08. The van der Waals surface area contributed by atoms with Crippen LogP contribution >= 0.6 is 23.2 Å². The van der Waals surface area contributed by atoms with Gasteiger partial charge < -0.3 is 9.30 Å². The SMILES string of the molecule is CC(C)(C)OC(=O)Cn1ccc2c(Cl)nc(Cl)nc21. The molecule has 0 aliphatic rings. The Kier molecular flexibility index (Phi) is 3.69. The van der Waals surface area contributed by atoms with Crippen molar-refractivity contribution in [1.29, 1.82) is 0 Å². The predicted molar refractivity (Wildman–Crippen MR) is 73.4 cm³/mol. The van der Waals surface area contributed by atoms with Gasteiger partial charge in [0.15, 0.2) is 0 Å². The first kappa shape index (κ1) is 14.1. The van der Waals surface area contributed by atoms with Gasteiger partial charge in [-0.15, -0.1) is 0 Å². The molecule has 0 unspecified atom stereocenters. The van der Waals surface area contributed by atoms with Gasteiger partial charge in [-0.2, -0.15) is 4.98 Å². The lowest BCUT2D eigenvalue weighted by molar-refractivity contribution is -0.155. The van der Waals surface area contributed by atoms with E-state index in [2.05, 4.69) is 9.97 Å². The van der Waals surface area contributed by atoms with Crippen molar-refractivity contribution < 1.29 is 9.53 Å². The summed E-state index contributed by atoms with van der Waals surface area (Å²) in [4.78, 5) is 19.7. The van der Waals surface area contributed by atoms with Crippen LogP contribution in [0.15, 0.2) is 12.3 Å². The van der Waals surface area contributed by atoms with Crippen molar-refractivity contribution in [3.8, 4) is 0 Å². The summed E-state index contributed by atoms with van der Waals surface area (Å²) < 4.78 is 6.88. The number of fused-ring (bicyclic) bond motifs is 1. The van der Waals surface area contributed by atoms with Crippen molar-refractivity contribution in [3.05, 3.63) is 22.7 Å². The zero-order valence-electron chi connectivity index (χ0n) is 10.8. The fraction of sp³-hybridized carbons (Fsp3) is 0.417. The van der Waals surface area contributed by atoms with E-state index in [-0.39, 0.29) is 23.0 Å². The van der Waals surface area contributed by atoms with Crippen LogP contribution in [0.4, 0.5) is 0 Å². The molecule has 2 heterocycles. The van der Waals surface area contributed by atoms with Crippen molar-refractivity contribution >= 4 is 40.2 Å². The third-order valence-electron chi connectivity index (χ3n) is 2.26. The molecule has 2 aromatic heterocycles. The highest BCUT2D eigenvalue weighted by molar-refractivity contribution is 6.35.